The Kier molecular flexibility index (Phi) is 4.51. The summed E-state index contributed by atoms with van der Waals surface area (Å²) in [5.74, 6) is 2.21. The number of fused-ring (bicyclic) bond motifs is 1. The summed E-state index contributed by atoms with van der Waals surface area (Å²) in [5.41, 5.74) is 1.95. The third-order valence-corrected chi connectivity index (χ3v) is 3.95. The smallest absolute Gasteiger partial charge is 0.246 e. The predicted molar refractivity (Wildman–Crippen MR) is 91.7 cm³/mol. The maximum absolute atomic E-state index is 12.1. The van der Waals surface area contributed by atoms with E-state index >= 15 is 0 Å². The summed E-state index contributed by atoms with van der Waals surface area (Å²) in [6.07, 6.45) is 0.830. The Labute approximate surface area is 149 Å². The molecule has 2 heterocycles. The molecular formula is C19H17N3O4. The van der Waals surface area contributed by atoms with E-state index in [-0.39, 0.29) is 25.7 Å². The van der Waals surface area contributed by atoms with Crippen LogP contribution in [0, 0.1) is 0 Å². The number of hydrogen-bond acceptors (Lipinski definition) is 6. The monoisotopic (exact) mass is 351 g/mol. The molecule has 0 aliphatic carbocycles. The van der Waals surface area contributed by atoms with E-state index in [1.54, 1.807) is 6.07 Å². The Morgan fingerprint density at radius 2 is 1.88 bits per heavy atom. The summed E-state index contributed by atoms with van der Waals surface area (Å²) < 4.78 is 15.8. The molecule has 1 aromatic heterocycles. The molecule has 0 atom stereocenters. The average Bonchev–Trinajstić information content (AvgIpc) is 3.29. The Hall–Kier alpha value is -3.35. The number of ether oxygens (including phenoxy) is 2. The Morgan fingerprint density at radius 3 is 2.77 bits per heavy atom. The summed E-state index contributed by atoms with van der Waals surface area (Å²) in [7, 11) is 0. The van der Waals surface area contributed by atoms with Crippen LogP contribution in [-0.2, 0) is 24.2 Å². The highest BCUT2D eigenvalue weighted by Gasteiger charge is 2.15. The van der Waals surface area contributed by atoms with Crippen molar-refractivity contribution >= 4 is 5.91 Å². The zero-order chi connectivity index (χ0) is 17.8. The van der Waals surface area contributed by atoms with Gasteiger partial charge in [0, 0.05) is 6.42 Å². The molecule has 0 radical (unpaired) electrons. The minimum Gasteiger partial charge on any atom is -0.454 e. The highest BCUT2D eigenvalue weighted by atomic mass is 16.7. The van der Waals surface area contributed by atoms with E-state index in [2.05, 4.69) is 15.5 Å². The van der Waals surface area contributed by atoms with Crippen molar-refractivity contribution in [3.8, 4) is 11.5 Å². The molecule has 4 rings (SSSR count). The number of rotatable bonds is 6. The lowest BCUT2D eigenvalue weighted by Gasteiger charge is -2.04. The van der Waals surface area contributed by atoms with Crippen molar-refractivity contribution in [1.29, 1.82) is 0 Å². The molecule has 0 bridgehead atoms. The molecule has 1 aliphatic rings. The van der Waals surface area contributed by atoms with E-state index in [0.29, 0.717) is 29.6 Å². The fourth-order valence-electron chi connectivity index (χ4n) is 2.69. The summed E-state index contributed by atoms with van der Waals surface area (Å²) in [4.78, 5) is 16.4. The van der Waals surface area contributed by atoms with Gasteiger partial charge in [0.25, 0.3) is 0 Å². The number of amides is 1. The standard InChI is InChI=1S/C19H17N3O4/c23-18(10-14-6-7-15-16(8-14)25-12-24-15)20-11-19-21-17(22-26-19)9-13-4-2-1-3-5-13/h1-8H,9-12H2,(H,20,23). The van der Waals surface area contributed by atoms with Crippen LogP contribution in [0.4, 0.5) is 0 Å². The van der Waals surface area contributed by atoms with Crippen LogP contribution in [0.5, 0.6) is 11.5 Å². The van der Waals surface area contributed by atoms with Crippen LogP contribution in [-0.4, -0.2) is 22.8 Å². The first-order valence-corrected chi connectivity index (χ1v) is 8.27. The Balaban J connectivity index is 1.29. The van der Waals surface area contributed by atoms with Crippen LogP contribution >= 0.6 is 0 Å². The van der Waals surface area contributed by atoms with Crippen molar-refractivity contribution in [2.45, 2.75) is 19.4 Å². The first kappa shape index (κ1) is 16.1. The fraction of sp³-hybridized carbons (Fsp3) is 0.211. The lowest BCUT2D eigenvalue weighted by atomic mass is 10.1. The molecule has 132 valence electrons. The van der Waals surface area contributed by atoms with Gasteiger partial charge < -0.3 is 19.3 Å². The molecule has 1 N–H and O–H groups in total. The minimum absolute atomic E-state index is 0.133. The van der Waals surface area contributed by atoms with Crippen LogP contribution in [0.25, 0.3) is 0 Å². The fourth-order valence-corrected chi connectivity index (χ4v) is 2.69. The van der Waals surface area contributed by atoms with Crippen molar-refractivity contribution in [2.24, 2.45) is 0 Å². The molecule has 2 aromatic carbocycles. The van der Waals surface area contributed by atoms with Gasteiger partial charge in [-0.1, -0.05) is 41.6 Å². The zero-order valence-electron chi connectivity index (χ0n) is 14.0. The number of aromatic nitrogens is 2. The van der Waals surface area contributed by atoms with E-state index in [1.165, 1.54) is 0 Å². The lowest BCUT2D eigenvalue weighted by Crippen LogP contribution is -2.24. The van der Waals surface area contributed by atoms with Gasteiger partial charge in [-0.2, -0.15) is 4.98 Å². The van der Waals surface area contributed by atoms with Crippen LogP contribution in [0.15, 0.2) is 53.1 Å². The van der Waals surface area contributed by atoms with Crippen molar-refractivity contribution in [3.63, 3.8) is 0 Å². The minimum atomic E-state index is -0.133. The van der Waals surface area contributed by atoms with E-state index < -0.39 is 0 Å². The van der Waals surface area contributed by atoms with Gasteiger partial charge in [-0.3, -0.25) is 4.79 Å². The molecule has 0 fully saturated rings. The molecule has 3 aromatic rings. The van der Waals surface area contributed by atoms with Gasteiger partial charge in [0.1, 0.15) is 0 Å². The molecular weight excluding hydrogens is 334 g/mol. The van der Waals surface area contributed by atoms with Crippen LogP contribution in [0.3, 0.4) is 0 Å². The molecule has 0 spiro atoms. The van der Waals surface area contributed by atoms with E-state index in [1.807, 2.05) is 42.5 Å². The number of carbonyl (C=O) groups excluding carboxylic acids is 1. The van der Waals surface area contributed by atoms with Crippen molar-refractivity contribution in [1.82, 2.24) is 15.5 Å². The molecule has 7 heteroatoms. The quantitative estimate of drug-likeness (QED) is 0.733. The lowest BCUT2D eigenvalue weighted by molar-refractivity contribution is -0.120. The van der Waals surface area contributed by atoms with Crippen LogP contribution in [0.1, 0.15) is 22.8 Å². The second-order valence-corrected chi connectivity index (χ2v) is 5.91. The molecule has 1 aliphatic heterocycles. The molecule has 26 heavy (non-hydrogen) atoms. The predicted octanol–water partition coefficient (Wildman–Crippen LogP) is 2.25. The summed E-state index contributed by atoms with van der Waals surface area (Å²) in [6.45, 7) is 0.415. The largest absolute Gasteiger partial charge is 0.454 e. The summed E-state index contributed by atoms with van der Waals surface area (Å²) in [6, 6.07) is 15.4. The number of benzene rings is 2. The molecule has 0 saturated heterocycles. The molecule has 0 saturated carbocycles. The van der Waals surface area contributed by atoms with E-state index in [9.17, 15) is 4.79 Å². The Morgan fingerprint density at radius 1 is 1.04 bits per heavy atom. The number of nitrogens with one attached hydrogen (secondary N) is 1. The van der Waals surface area contributed by atoms with Gasteiger partial charge >= 0.3 is 0 Å². The molecule has 7 nitrogen and oxygen atoms in total. The average molecular weight is 351 g/mol. The number of hydrogen-bond donors (Lipinski definition) is 1. The van der Waals surface area contributed by atoms with E-state index in [0.717, 1.165) is 11.1 Å². The van der Waals surface area contributed by atoms with Gasteiger partial charge in [-0.15, -0.1) is 0 Å². The van der Waals surface area contributed by atoms with Crippen LogP contribution < -0.4 is 14.8 Å². The van der Waals surface area contributed by atoms with Crippen LogP contribution in [0.2, 0.25) is 0 Å². The van der Waals surface area contributed by atoms with Crippen molar-refractivity contribution in [3.05, 3.63) is 71.4 Å². The van der Waals surface area contributed by atoms with Crippen molar-refractivity contribution in [2.75, 3.05) is 6.79 Å². The van der Waals surface area contributed by atoms with Gasteiger partial charge in [0.2, 0.25) is 18.6 Å². The normalized spacial score (nSPS) is 12.2. The summed E-state index contributed by atoms with van der Waals surface area (Å²) in [5, 5.41) is 6.73. The molecule has 0 unspecified atom stereocenters. The first-order valence-electron chi connectivity index (χ1n) is 8.27. The first-order chi connectivity index (χ1) is 12.8. The zero-order valence-corrected chi connectivity index (χ0v) is 14.0. The van der Waals surface area contributed by atoms with E-state index in [4.69, 9.17) is 14.0 Å². The third-order valence-electron chi connectivity index (χ3n) is 3.95. The van der Waals surface area contributed by atoms with Gasteiger partial charge in [-0.25, -0.2) is 0 Å². The topological polar surface area (TPSA) is 86.5 Å². The Bertz CT molecular complexity index is 908. The van der Waals surface area contributed by atoms with Gasteiger partial charge in [-0.05, 0) is 23.3 Å². The maximum atomic E-state index is 12.1. The third kappa shape index (κ3) is 3.83. The van der Waals surface area contributed by atoms with Crippen molar-refractivity contribution < 1.29 is 18.8 Å². The summed E-state index contributed by atoms with van der Waals surface area (Å²) >= 11 is 0. The maximum Gasteiger partial charge on any atom is 0.246 e. The SMILES string of the molecule is O=C(Cc1ccc2c(c1)OCO2)NCc1nc(Cc2ccccc2)no1. The van der Waals surface area contributed by atoms with Gasteiger partial charge in [0.15, 0.2) is 17.3 Å². The van der Waals surface area contributed by atoms with Gasteiger partial charge in [0.05, 0.1) is 13.0 Å². The molecule has 1 amide bonds. The second kappa shape index (κ2) is 7.26. The highest BCUT2D eigenvalue weighted by Crippen LogP contribution is 2.32. The number of carbonyl (C=O) groups is 1. The second-order valence-electron chi connectivity index (χ2n) is 5.91. The number of nitrogens with zero attached hydrogens (tertiary/aromatic N) is 2. The highest BCUT2D eigenvalue weighted by molar-refractivity contribution is 5.78.